The number of benzene rings is 2. The number of hydrogen-bond donors (Lipinski definition) is 1. The first-order chi connectivity index (χ1) is 14.0. The van der Waals surface area contributed by atoms with Gasteiger partial charge in [-0.2, -0.15) is 9.61 Å². The van der Waals surface area contributed by atoms with Crippen LogP contribution in [-0.4, -0.2) is 39.4 Å². The number of aryl methyl sites for hydroxylation is 2. The van der Waals surface area contributed by atoms with Gasteiger partial charge in [0.1, 0.15) is 22.8 Å². The predicted octanol–water partition coefficient (Wildman–Crippen LogP) is 3.50. The molecule has 0 aliphatic carbocycles. The van der Waals surface area contributed by atoms with Crippen LogP contribution in [-0.2, 0) is 4.79 Å². The molecule has 0 aliphatic heterocycles. The van der Waals surface area contributed by atoms with E-state index >= 15 is 0 Å². The van der Waals surface area contributed by atoms with E-state index in [1.807, 2.05) is 38.1 Å². The third kappa shape index (κ3) is 4.19. The molecule has 4 rings (SSSR count). The number of carbonyl (C=O) groups excluding carboxylic acids is 1. The first kappa shape index (κ1) is 18.9. The number of methoxy groups -OCH3 is 1. The summed E-state index contributed by atoms with van der Waals surface area (Å²) in [5, 5.41) is 15.9. The molecule has 2 aromatic heterocycles. The molecule has 0 aliphatic rings. The number of nitrogens with zero attached hydrogens (tertiary/aromatic N) is 4. The highest BCUT2D eigenvalue weighted by Gasteiger charge is 2.13. The summed E-state index contributed by atoms with van der Waals surface area (Å²) in [4.78, 5) is 13.1. The molecule has 0 radical (unpaired) electrons. The minimum absolute atomic E-state index is 0.104. The van der Waals surface area contributed by atoms with Crippen molar-refractivity contribution in [3.63, 3.8) is 0 Å². The van der Waals surface area contributed by atoms with Crippen molar-refractivity contribution in [2.45, 2.75) is 13.8 Å². The summed E-state index contributed by atoms with van der Waals surface area (Å²) in [6.07, 6.45) is 1.55. The topological polar surface area (TPSA) is 90.6 Å². The standard InChI is InChI=1S/C20H19N5O3S/c1-12-6-13(2)8-15(7-12)28-10-18(26)22-16-9-14(4-5-17(16)27-3)19-24-25-11-21-23-20(25)29-19/h4-9,11H,10H2,1-3H3,(H,22,26). The first-order valence-electron chi connectivity index (χ1n) is 8.88. The van der Waals surface area contributed by atoms with Crippen molar-refractivity contribution < 1.29 is 14.3 Å². The van der Waals surface area contributed by atoms with E-state index in [1.54, 1.807) is 24.0 Å². The van der Waals surface area contributed by atoms with E-state index in [4.69, 9.17) is 9.47 Å². The lowest BCUT2D eigenvalue weighted by molar-refractivity contribution is -0.118. The molecule has 1 N–H and O–H groups in total. The van der Waals surface area contributed by atoms with Crippen LogP contribution < -0.4 is 14.8 Å². The Balaban J connectivity index is 1.50. The van der Waals surface area contributed by atoms with Gasteiger partial charge in [-0.05, 0) is 55.3 Å². The summed E-state index contributed by atoms with van der Waals surface area (Å²) in [5.41, 5.74) is 3.55. The second-order valence-corrected chi connectivity index (χ2v) is 7.50. The third-order valence-corrected chi connectivity index (χ3v) is 5.13. The number of rotatable bonds is 6. The number of aromatic nitrogens is 4. The van der Waals surface area contributed by atoms with Gasteiger partial charge in [0, 0.05) is 5.56 Å². The van der Waals surface area contributed by atoms with Crippen molar-refractivity contribution >= 4 is 27.9 Å². The molecule has 2 heterocycles. The highest BCUT2D eigenvalue weighted by Crippen LogP contribution is 2.32. The zero-order chi connectivity index (χ0) is 20.4. The minimum atomic E-state index is -0.280. The van der Waals surface area contributed by atoms with E-state index in [0.29, 0.717) is 22.1 Å². The Bertz CT molecular complexity index is 1140. The van der Waals surface area contributed by atoms with Gasteiger partial charge in [0.15, 0.2) is 6.61 Å². The molecule has 2 aromatic carbocycles. The number of ether oxygens (including phenoxy) is 2. The van der Waals surface area contributed by atoms with E-state index in [2.05, 4.69) is 26.7 Å². The Hall–Kier alpha value is -3.46. The average Bonchev–Trinajstić information content (AvgIpc) is 3.28. The first-order valence-corrected chi connectivity index (χ1v) is 9.69. The zero-order valence-corrected chi connectivity index (χ0v) is 17.0. The van der Waals surface area contributed by atoms with Crippen molar-refractivity contribution in [3.05, 3.63) is 53.9 Å². The second-order valence-electron chi connectivity index (χ2n) is 6.54. The summed E-state index contributed by atoms with van der Waals surface area (Å²) in [7, 11) is 1.56. The quantitative estimate of drug-likeness (QED) is 0.524. The number of anilines is 1. The summed E-state index contributed by atoms with van der Waals surface area (Å²) in [5.74, 6) is 0.937. The number of hydrogen-bond acceptors (Lipinski definition) is 7. The van der Waals surface area contributed by atoms with Crippen molar-refractivity contribution in [1.29, 1.82) is 0 Å². The molecule has 8 nitrogen and oxygen atoms in total. The van der Waals surface area contributed by atoms with E-state index in [9.17, 15) is 4.79 Å². The van der Waals surface area contributed by atoms with Gasteiger partial charge in [-0.3, -0.25) is 4.79 Å². The average molecular weight is 409 g/mol. The van der Waals surface area contributed by atoms with Gasteiger partial charge in [0.2, 0.25) is 4.96 Å². The second kappa shape index (κ2) is 7.88. The molecule has 1 amide bonds. The van der Waals surface area contributed by atoms with E-state index in [-0.39, 0.29) is 12.5 Å². The van der Waals surface area contributed by atoms with Crippen molar-refractivity contribution in [2.24, 2.45) is 0 Å². The third-order valence-electron chi connectivity index (χ3n) is 4.17. The molecule has 0 fully saturated rings. The van der Waals surface area contributed by atoms with Crippen molar-refractivity contribution in [3.8, 4) is 22.1 Å². The highest BCUT2D eigenvalue weighted by molar-refractivity contribution is 7.19. The largest absolute Gasteiger partial charge is 0.495 e. The van der Waals surface area contributed by atoms with E-state index < -0.39 is 0 Å². The van der Waals surface area contributed by atoms with Crippen LogP contribution in [0, 0.1) is 13.8 Å². The molecule has 0 unspecified atom stereocenters. The van der Waals surface area contributed by atoms with Crippen LogP contribution in [0.4, 0.5) is 5.69 Å². The van der Waals surface area contributed by atoms with Gasteiger partial charge >= 0.3 is 0 Å². The highest BCUT2D eigenvalue weighted by atomic mass is 32.1. The van der Waals surface area contributed by atoms with Crippen LogP contribution in [0.15, 0.2) is 42.7 Å². The Morgan fingerprint density at radius 3 is 2.69 bits per heavy atom. The lowest BCUT2D eigenvalue weighted by Crippen LogP contribution is -2.20. The lowest BCUT2D eigenvalue weighted by Gasteiger charge is -2.12. The Kier molecular flexibility index (Phi) is 5.13. The van der Waals surface area contributed by atoms with Gasteiger partial charge in [0.25, 0.3) is 5.91 Å². The Labute approximate surface area is 171 Å². The van der Waals surface area contributed by atoms with Gasteiger partial charge in [-0.15, -0.1) is 10.2 Å². The van der Waals surface area contributed by atoms with Crippen LogP contribution in [0.5, 0.6) is 11.5 Å². The molecule has 0 bridgehead atoms. The summed E-state index contributed by atoms with van der Waals surface area (Å²) in [6, 6.07) is 11.3. The van der Waals surface area contributed by atoms with Crippen LogP contribution in [0.3, 0.4) is 0 Å². The molecule has 0 spiro atoms. The summed E-state index contributed by atoms with van der Waals surface area (Å²) >= 11 is 1.41. The summed E-state index contributed by atoms with van der Waals surface area (Å²) < 4.78 is 12.6. The lowest BCUT2D eigenvalue weighted by atomic mass is 10.1. The molecule has 148 valence electrons. The number of carbonyl (C=O) groups is 1. The molecule has 29 heavy (non-hydrogen) atoms. The van der Waals surface area contributed by atoms with Crippen molar-refractivity contribution in [1.82, 2.24) is 19.8 Å². The Morgan fingerprint density at radius 2 is 1.97 bits per heavy atom. The fraction of sp³-hybridized carbons (Fsp3) is 0.200. The van der Waals surface area contributed by atoms with E-state index in [0.717, 1.165) is 21.7 Å². The maximum atomic E-state index is 12.4. The molecule has 9 heteroatoms. The monoisotopic (exact) mass is 409 g/mol. The minimum Gasteiger partial charge on any atom is -0.495 e. The maximum absolute atomic E-state index is 12.4. The van der Waals surface area contributed by atoms with Gasteiger partial charge in [-0.25, -0.2) is 0 Å². The molecule has 4 aromatic rings. The van der Waals surface area contributed by atoms with Gasteiger partial charge in [-0.1, -0.05) is 17.4 Å². The van der Waals surface area contributed by atoms with Gasteiger partial charge < -0.3 is 14.8 Å². The normalized spacial score (nSPS) is 10.9. The van der Waals surface area contributed by atoms with Crippen LogP contribution >= 0.6 is 11.3 Å². The number of nitrogens with one attached hydrogen (secondary N) is 1. The fourth-order valence-electron chi connectivity index (χ4n) is 2.97. The molecular formula is C20H19N5O3S. The molecule has 0 saturated carbocycles. The van der Waals surface area contributed by atoms with Crippen LogP contribution in [0.25, 0.3) is 15.5 Å². The predicted molar refractivity (Wildman–Crippen MR) is 111 cm³/mol. The maximum Gasteiger partial charge on any atom is 0.262 e. The molecule has 0 atom stereocenters. The SMILES string of the molecule is COc1ccc(-c2nn3cnnc3s2)cc1NC(=O)COc1cc(C)cc(C)c1. The van der Waals surface area contributed by atoms with Crippen LogP contribution in [0.1, 0.15) is 11.1 Å². The zero-order valence-electron chi connectivity index (χ0n) is 16.2. The summed E-state index contributed by atoms with van der Waals surface area (Å²) in [6.45, 7) is 3.87. The fourth-order valence-corrected chi connectivity index (χ4v) is 3.78. The van der Waals surface area contributed by atoms with Crippen molar-refractivity contribution in [2.75, 3.05) is 19.0 Å². The molecular weight excluding hydrogens is 390 g/mol. The Morgan fingerprint density at radius 1 is 1.17 bits per heavy atom. The molecule has 0 saturated heterocycles. The number of amides is 1. The number of fused-ring (bicyclic) bond motifs is 1. The van der Waals surface area contributed by atoms with E-state index in [1.165, 1.54) is 11.3 Å². The van der Waals surface area contributed by atoms with Gasteiger partial charge in [0.05, 0.1) is 12.8 Å². The smallest absolute Gasteiger partial charge is 0.262 e. The van der Waals surface area contributed by atoms with Crippen LogP contribution in [0.2, 0.25) is 0 Å².